The Bertz CT molecular complexity index is 821. The summed E-state index contributed by atoms with van der Waals surface area (Å²) < 4.78 is 27.6. The number of aliphatic imine (C=N–C) groups is 1. The lowest BCUT2D eigenvalue weighted by Crippen LogP contribution is -2.26. The molecule has 0 aliphatic carbocycles. The third-order valence-electron chi connectivity index (χ3n) is 4.12. The highest BCUT2D eigenvalue weighted by atomic mass is 19.1. The predicted molar refractivity (Wildman–Crippen MR) is 102 cm³/mol. The second-order valence-corrected chi connectivity index (χ2v) is 6.20. The molecule has 0 bridgehead atoms. The zero-order chi connectivity index (χ0) is 19.3. The molecule has 0 N–H and O–H groups in total. The molecule has 0 radical (unpaired) electrons. The monoisotopic (exact) mass is 359 g/mol. The molecule has 2 aromatic carbocycles. The van der Waals surface area contributed by atoms with Gasteiger partial charge in [-0.2, -0.15) is 0 Å². The number of rotatable bonds is 7. The maximum absolute atomic E-state index is 14.3. The van der Waals surface area contributed by atoms with Gasteiger partial charge in [0.05, 0.1) is 12.9 Å². The number of carbonyl (C=O) groups excluding carboxylic acids is 1. The molecule has 0 amide bonds. The fourth-order valence-electron chi connectivity index (χ4n) is 2.41. The van der Waals surface area contributed by atoms with Crippen LogP contribution in [0.15, 0.2) is 41.4 Å². The number of hydrogen-bond donors (Lipinski definition) is 0. The van der Waals surface area contributed by atoms with Crippen molar-refractivity contribution >= 4 is 23.5 Å². The highest BCUT2D eigenvalue weighted by molar-refractivity contribution is 6.00. The molecule has 0 aliphatic rings. The number of benzene rings is 2. The van der Waals surface area contributed by atoms with Crippen LogP contribution in [0.3, 0.4) is 0 Å². The SMILES string of the molecule is CCN(C)C=Nc1cc(C)c(C(=O)CN(C)c2cccc(F)c2)cc1F. The van der Waals surface area contributed by atoms with Crippen molar-refractivity contribution in [3.8, 4) is 0 Å². The summed E-state index contributed by atoms with van der Waals surface area (Å²) in [6.07, 6.45) is 1.55. The molecule has 138 valence electrons. The summed E-state index contributed by atoms with van der Waals surface area (Å²) in [6.45, 7) is 4.49. The fourth-order valence-corrected chi connectivity index (χ4v) is 2.41. The van der Waals surface area contributed by atoms with Crippen LogP contribution in [0.5, 0.6) is 0 Å². The van der Waals surface area contributed by atoms with Gasteiger partial charge in [0, 0.05) is 31.9 Å². The maximum atomic E-state index is 14.3. The van der Waals surface area contributed by atoms with Crippen molar-refractivity contribution < 1.29 is 13.6 Å². The van der Waals surface area contributed by atoms with Gasteiger partial charge in [0.15, 0.2) is 5.78 Å². The Labute approximate surface area is 152 Å². The van der Waals surface area contributed by atoms with E-state index in [1.165, 1.54) is 18.2 Å². The lowest BCUT2D eigenvalue weighted by molar-refractivity contribution is 0.0999. The molecule has 0 spiro atoms. The Morgan fingerprint density at radius 2 is 1.92 bits per heavy atom. The van der Waals surface area contributed by atoms with Crippen molar-refractivity contribution in [2.45, 2.75) is 13.8 Å². The van der Waals surface area contributed by atoms with Gasteiger partial charge in [-0.15, -0.1) is 0 Å². The zero-order valence-corrected chi connectivity index (χ0v) is 15.5. The van der Waals surface area contributed by atoms with Crippen LogP contribution in [0, 0.1) is 18.6 Å². The van der Waals surface area contributed by atoms with E-state index in [0.29, 0.717) is 16.8 Å². The van der Waals surface area contributed by atoms with Gasteiger partial charge in [0.2, 0.25) is 0 Å². The summed E-state index contributed by atoms with van der Waals surface area (Å²) in [6, 6.07) is 8.76. The minimum absolute atomic E-state index is 0.0188. The first-order valence-electron chi connectivity index (χ1n) is 8.36. The van der Waals surface area contributed by atoms with Crippen molar-refractivity contribution in [2.24, 2.45) is 4.99 Å². The fraction of sp³-hybridized carbons (Fsp3) is 0.300. The van der Waals surface area contributed by atoms with E-state index in [-0.39, 0.29) is 23.8 Å². The number of carbonyl (C=O) groups is 1. The Balaban J connectivity index is 2.19. The number of nitrogens with zero attached hydrogens (tertiary/aromatic N) is 3. The van der Waals surface area contributed by atoms with E-state index in [2.05, 4.69) is 4.99 Å². The van der Waals surface area contributed by atoms with Crippen molar-refractivity contribution in [1.82, 2.24) is 4.90 Å². The third kappa shape index (κ3) is 4.88. The summed E-state index contributed by atoms with van der Waals surface area (Å²) in [4.78, 5) is 20.1. The molecule has 0 heterocycles. The number of ketones is 1. The number of halogens is 2. The molecular weight excluding hydrogens is 336 g/mol. The first kappa shape index (κ1) is 19.6. The van der Waals surface area contributed by atoms with Gasteiger partial charge >= 0.3 is 0 Å². The molecule has 0 aliphatic heterocycles. The molecule has 2 aromatic rings. The summed E-state index contributed by atoms with van der Waals surface area (Å²) in [5.41, 5.74) is 1.72. The summed E-state index contributed by atoms with van der Waals surface area (Å²) in [7, 11) is 3.53. The topological polar surface area (TPSA) is 35.9 Å². The van der Waals surface area contributed by atoms with E-state index in [9.17, 15) is 13.6 Å². The summed E-state index contributed by atoms with van der Waals surface area (Å²) in [5, 5.41) is 0. The second-order valence-electron chi connectivity index (χ2n) is 6.20. The van der Waals surface area contributed by atoms with Gasteiger partial charge in [0.25, 0.3) is 0 Å². The van der Waals surface area contributed by atoms with Crippen LogP contribution in [-0.2, 0) is 0 Å². The molecular formula is C20H23F2N3O. The van der Waals surface area contributed by atoms with Gasteiger partial charge in [-0.25, -0.2) is 13.8 Å². The van der Waals surface area contributed by atoms with Crippen LogP contribution < -0.4 is 4.90 Å². The van der Waals surface area contributed by atoms with Crippen LogP contribution in [0.25, 0.3) is 0 Å². The number of Topliss-reactive ketones (excluding diaryl/α,β-unsaturated/α-hetero) is 1. The number of likely N-dealkylation sites (N-methyl/N-ethyl adjacent to an activating group) is 1. The van der Waals surface area contributed by atoms with Crippen molar-refractivity contribution in [3.63, 3.8) is 0 Å². The van der Waals surface area contributed by atoms with E-state index in [4.69, 9.17) is 0 Å². The average molecular weight is 359 g/mol. The molecule has 6 heteroatoms. The Morgan fingerprint density at radius 1 is 1.19 bits per heavy atom. The molecule has 0 fully saturated rings. The predicted octanol–water partition coefficient (Wildman–Crippen LogP) is 4.20. The number of anilines is 1. The van der Waals surface area contributed by atoms with Gasteiger partial charge in [-0.3, -0.25) is 4.79 Å². The van der Waals surface area contributed by atoms with Crippen LogP contribution in [0.4, 0.5) is 20.2 Å². The van der Waals surface area contributed by atoms with Crippen LogP contribution in [0.1, 0.15) is 22.8 Å². The summed E-state index contributed by atoms with van der Waals surface area (Å²) >= 11 is 0. The molecule has 4 nitrogen and oxygen atoms in total. The summed E-state index contributed by atoms with van der Waals surface area (Å²) in [5.74, 6) is -1.16. The number of hydrogen-bond acceptors (Lipinski definition) is 3. The van der Waals surface area contributed by atoms with Crippen molar-refractivity contribution in [1.29, 1.82) is 0 Å². The normalized spacial score (nSPS) is 11.0. The van der Waals surface area contributed by atoms with Crippen LogP contribution in [-0.4, -0.2) is 44.2 Å². The standard InChI is InChI=1S/C20H23F2N3O/c1-5-24(3)13-23-19-9-14(2)17(11-18(19)22)20(26)12-25(4)16-8-6-7-15(21)10-16/h6-11,13H,5,12H2,1-4H3. The van der Waals surface area contributed by atoms with Gasteiger partial charge < -0.3 is 9.80 Å². The Kier molecular flexibility index (Phi) is 6.44. The van der Waals surface area contributed by atoms with E-state index >= 15 is 0 Å². The first-order valence-corrected chi connectivity index (χ1v) is 8.36. The lowest BCUT2D eigenvalue weighted by Gasteiger charge is -2.19. The molecule has 0 saturated carbocycles. The highest BCUT2D eigenvalue weighted by Gasteiger charge is 2.16. The molecule has 2 rings (SSSR count). The minimum Gasteiger partial charge on any atom is -0.367 e. The Hall–Kier alpha value is -2.76. The first-order chi connectivity index (χ1) is 12.3. The van der Waals surface area contributed by atoms with E-state index in [0.717, 1.165) is 6.54 Å². The molecule has 0 atom stereocenters. The molecule has 0 unspecified atom stereocenters. The highest BCUT2D eigenvalue weighted by Crippen LogP contribution is 2.23. The van der Waals surface area contributed by atoms with E-state index in [1.54, 1.807) is 43.4 Å². The van der Waals surface area contributed by atoms with Gasteiger partial charge in [-0.1, -0.05) is 6.07 Å². The number of aryl methyl sites for hydroxylation is 1. The van der Waals surface area contributed by atoms with E-state index < -0.39 is 5.82 Å². The second kappa shape index (κ2) is 8.56. The lowest BCUT2D eigenvalue weighted by atomic mass is 10.0. The van der Waals surface area contributed by atoms with Gasteiger partial charge in [-0.05, 0) is 49.7 Å². The largest absolute Gasteiger partial charge is 0.367 e. The maximum Gasteiger partial charge on any atom is 0.182 e. The van der Waals surface area contributed by atoms with Crippen LogP contribution >= 0.6 is 0 Å². The molecule has 0 saturated heterocycles. The minimum atomic E-state index is -0.548. The van der Waals surface area contributed by atoms with Crippen molar-refractivity contribution in [2.75, 3.05) is 32.1 Å². The Morgan fingerprint density at radius 3 is 2.58 bits per heavy atom. The van der Waals surface area contributed by atoms with Gasteiger partial charge in [0.1, 0.15) is 17.3 Å². The average Bonchev–Trinajstić information content (AvgIpc) is 2.61. The van der Waals surface area contributed by atoms with E-state index in [1.807, 2.05) is 18.9 Å². The molecule has 0 aromatic heterocycles. The smallest absolute Gasteiger partial charge is 0.182 e. The van der Waals surface area contributed by atoms with Crippen molar-refractivity contribution in [3.05, 3.63) is 59.2 Å². The third-order valence-corrected chi connectivity index (χ3v) is 4.12. The molecule has 26 heavy (non-hydrogen) atoms. The quantitative estimate of drug-likeness (QED) is 0.422. The van der Waals surface area contributed by atoms with Crippen LogP contribution in [0.2, 0.25) is 0 Å². The zero-order valence-electron chi connectivity index (χ0n) is 15.5.